The highest BCUT2D eigenvalue weighted by Crippen LogP contribution is 2.17. The topological polar surface area (TPSA) is 24.1 Å². The third-order valence-electron chi connectivity index (χ3n) is 3.21. The first-order chi connectivity index (χ1) is 8.34. The molecule has 1 aliphatic carbocycles. The molecule has 1 fully saturated rings. The van der Waals surface area contributed by atoms with Gasteiger partial charge in [0.05, 0.1) is 0 Å². The molecule has 0 radical (unpaired) electrons. The summed E-state index contributed by atoms with van der Waals surface area (Å²) in [5.74, 6) is 0. The molecule has 0 aromatic heterocycles. The molecule has 1 aliphatic rings. The summed E-state index contributed by atoms with van der Waals surface area (Å²) in [6.07, 6.45) is 5.18. The zero-order valence-corrected chi connectivity index (χ0v) is 10.8. The standard InChI is InChI=1S/C15H24N2/c1-13-4-2-5-14(12-13)6-3-9-16-10-11-17-15-7-8-15/h2,4-5,12,15-17H,3,6-11H2,1H3. The average Bonchev–Trinajstić information content (AvgIpc) is 3.12. The summed E-state index contributed by atoms with van der Waals surface area (Å²) in [7, 11) is 0. The van der Waals surface area contributed by atoms with Gasteiger partial charge in [-0.15, -0.1) is 0 Å². The molecule has 1 aromatic rings. The van der Waals surface area contributed by atoms with Crippen molar-refractivity contribution in [2.45, 2.75) is 38.6 Å². The molecule has 2 rings (SSSR count). The Morgan fingerprint density at radius 3 is 2.82 bits per heavy atom. The van der Waals surface area contributed by atoms with E-state index >= 15 is 0 Å². The normalized spacial score (nSPS) is 15.1. The fourth-order valence-electron chi connectivity index (χ4n) is 2.06. The predicted octanol–water partition coefficient (Wildman–Crippen LogP) is 2.27. The molecule has 0 amide bonds. The van der Waals surface area contributed by atoms with Crippen molar-refractivity contribution < 1.29 is 0 Å². The van der Waals surface area contributed by atoms with Gasteiger partial charge in [0.2, 0.25) is 0 Å². The van der Waals surface area contributed by atoms with Crippen molar-refractivity contribution in [1.29, 1.82) is 0 Å². The van der Waals surface area contributed by atoms with Crippen LogP contribution in [0.2, 0.25) is 0 Å². The maximum absolute atomic E-state index is 3.51. The van der Waals surface area contributed by atoms with Crippen LogP contribution in [0.4, 0.5) is 0 Å². The van der Waals surface area contributed by atoms with Gasteiger partial charge in [0.25, 0.3) is 0 Å². The Morgan fingerprint density at radius 2 is 2.06 bits per heavy atom. The van der Waals surface area contributed by atoms with Crippen LogP contribution in [0.3, 0.4) is 0 Å². The molecule has 0 atom stereocenters. The number of nitrogens with one attached hydrogen (secondary N) is 2. The van der Waals surface area contributed by atoms with Crippen molar-refractivity contribution in [3.63, 3.8) is 0 Å². The molecule has 0 bridgehead atoms. The lowest BCUT2D eigenvalue weighted by Crippen LogP contribution is -2.29. The van der Waals surface area contributed by atoms with Gasteiger partial charge in [-0.1, -0.05) is 29.8 Å². The second-order valence-corrected chi connectivity index (χ2v) is 5.07. The molecule has 1 aromatic carbocycles. The first-order valence-electron chi connectivity index (χ1n) is 6.84. The van der Waals surface area contributed by atoms with E-state index in [1.165, 1.54) is 36.8 Å². The van der Waals surface area contributed by atoms with Gasteiger partial charge in [0.1, 0.15) is 0 Å². The van der Waals surface area contributed by atoms with Crippen LogP contribution < -0.4 is 10.6 Å². The van der Waals surface area contributed by atoms with Crippen molar-refractivity contribution in [3.05, 3.63) is 35.4 Å². The van der Waals surface area contributed by atoms with E-state index in [1.807, 2.05) is 0 Å². The number of benzene rings is 1. The number of hydrogen-bond acceptors (Lipinski definition) is 2. The first-order valence-corrected chi connectivity index (χ1v) is 6.84. The summed E-state index contributed by atoms with van der Waals surface area (Å²) in [5.41, 5.74) is 2.83. The third kappa shape index (κ3) is 5.33. The van der Waals surface area contributed by atoms with Gasteiger partial charge in [0.15, 0.2) is 0 Å². The minimum Gasteiger partial charge on any atom is -0.315 e. The summed E-state index contributed by atoms with van der Waals surface area (Å²) < 4.78 is 0. The van der Waals surface area contributed by atoms with Crippen molar-refractivity contribution in [2.75, 3.05) is 19.6 Å². The van der Waals surface area contributed by atoms with Crippen LogP contribution in [0.1, 0.15) is 30.4 Å². The van der Waals surface area contributed by atoms with Crippen LogP contribution >= 0.6 is 0 Å². The second kappa shape index (κ2) is 6.77. The SMILES string of the molecule is Cc1cccc(CCCNCCNC2CC2)c1. The average molecular weight is 232 g/mol. The van der Waals surface area contributed by atoms with Gasteiger partial charge >= 0.3 is 0 Å². The maximum atomic E-state index is 3.51. The maximum Gasteiger partial charge on any atom is 0.00793 e. The first kappa shape index (κ1) is 12.6. The van der Waals surface area contributed by atoms with E-state index in [0.29, 0.717) is 0 Å². The Hall–Kier alpha value is -0.860. The molecule has 0 saturated heterocycles. The second-order valence-electron chi connectivity index (χ2n) is 5.07. The summed E-state index contributed by atoms with van der Waals surface area (Å²) in [6, 6.07) is 9.66. The van der Waals surface area contributed by atoms with Crippen molar-refractivity contribution in [2.24, 2.45) is 0 Å². The van der Waals surface area contributed by atoms with E-state index in [-0.39, 0.29) is 0 Å². The van der Waals surface area contributed by atoms with Crippen molar-refractivity contribution in [1.82, 2.24) is 10.6 Å². The Bertz CT molecular complexity index is 331. The Morgan fingerprint density at radius 1 is 1.18 bits per heavy atom. The molecule has 0 spiro atoms. The van der Waals surface area contributed by atoms with Gasteiger partial charge in [-0.25, -0.2) is 0 Å². The molecule has 1 saturated carbocycles. The zero-order valence-electron chi connectivity index (χ0n) is 10.8. The lowest BCUT2D eigenvalue weighted by molar-refractivity contribution is 0.594. The molecule has 2 heteroatoms. The Balaban J connectivity index is 1.47. The van der Waals surface area contributed by atoms with Crippen LogP contribution in [0.15, 0.2) is 24.3 Å². The van der Waals surface area contributed by atoms with Gasteiger partial charge in [-0.3, -0.25) is 0 Å². The summed E-state index contributed by atoms with van der Waals surface area (Å²) in [6.45, 7) is 5.50. The lowest BCUT2D eigenvalue weighted by atomic mass is 10.1. The van der Waals surface area contributed by atoms with E-state index in [4.69, 9.17) is 0 Å². The van der Waals surface area contributed by atoms with E-state index in [1.54, 1.807) is 0 Å². The molecule has 2 nitrogen and oxygen atoms in total. The van der Waals surface area contributed by atoms with Crippen LogP contribution in [-0.4, -0.2) is 25.7 Å². The molecule has 17 heavy (non-hydrogen) atoms. The summed E-state index contributed by atoms with van der Waals surface area (Å²) in [5, 5.41) is 7.00. The highest BCUT2D eigenvalue weighted by molar-refractivity contribution is 5.22. The quantitative estimate of drug-likeness (QED) is 0.672. The zero-order chi connectivity index (χ0) is 11.9. The monoisotopic (exact) mass is 232 g/mol. The predicted molar refractivity (Wildman–Crippen MR) is 73.4 cm³/mol. The van der Waals surface area contributed by atoms with Crippen molar-refractivity contribution >= 4 is 0 Å². The Kier molecular flexibility index (Phi) is 5.02. The number of aryl methyl sites for hydroxylation is 2. The number of rotatable bonds is 8. The minimum absolute atomic E-state index is 0.837. The molecule has 0 heterocycles. The van der Waals surface area contributed by atoms with Crippen LogP contribution in [0.25, 0.3) is 0 Å². The largest absolute Gasteiger partial charge is 0.315 e. The van der Waals surface area contributed by atoms with E-state index in [0.717, 1.165) is 25.7 Å². The molecular weight excluding hydrogens is 208 g/mol. The summed E-state index contributed by atoms with van der Waals surface area (Å²) in [4.78, 5) is 0. The molecule has 0 aliphatic heterocycles. The van der Waals surface area contributed by atoms with Gasteiger partial charge in [-0.05, 0) is 44.7 Å². The molecule has 94 valence electrons. The van der Waals surface area contributed by atoms with Crippen LogP contribution in [0.5, 0.6) is 0 Å². The Labute approximate surface area is 105 Å². The smallest absolute Gasteiger partial charge is 0.00793 e. The van der Waals surface area contributed by atoms with Gasteiger partial charge in [-0.2, -0.15) is 0 Å². The highest BCUT2D eigenvalue weighted by atomic mass is 15.0. The minimum atomic E-state index is 0.837. The van der Waals surface area contributed by atoms with Gasteiger partial charge < -0.3 is 10.6 Å². The molecule has 2 N–H and O–H groups in total. The summed E-state index contributed by atoms with van der Waals surface area (Å²) >= 11 is 0. The number of hydrogen-bond donors (Lipinski definition) is 2. The van der Waals surface area contributed by atoms with Crippen molar-refractivity contribution in [3.8, 4) is 0 Å². The fraction of sp³-hybridized carbons (Fsp3) is 0.600. The highest BCUT2D eigenvalue weighted by Gasteiger charge is 2.19. The van der Waals surface area contributed by atoms with E-state index in [2.05, 4.69) is 41.8 Å². The molecular formula is C15H24N2. The fourth-order valence-corrected chi connectivity index (χ4v) is 2.06. The lowest BCUT2D eigenvalue weighted by Gasteiger charge is -2.06. The van der Waals surface area contributed by atoms with Crippen LogP contribution in [0, 0.1) is 6.92 Å². The van der Waals surface area contributed by atoms with Crippen LogP contribution in [-0.2, 0) is 6.42 Å². The van der Waals surface area contributed by atoms with E-state index < -0.39 is 0 Å². The molecule has 0 unspecified atom stereocenters. The van der Waals surface area contributed by atoms with E-state index in [9.17, 15) is 0 Å². The third-order valence-corrected chi connectivity index (χ3v) is 3.21. The van der Waals surface area contributed by atoms with Gasteiger partial charge in [0, 0.05) is 19.1 Å².